The summed E-state index contributed by atoms with van der Waals surface area (Å²) in [6.07, 6.45) is 1.84. The number of nitrogens with two attached hydrogens (primary N) is 1. The number of hydrogen-bond acceptors (Lipinski definition) is 8. The molecular formula is C20H23N3O7. The third-order valence-electron chi connectivity index (χ3n) is 4.77. The van der Waals surface area contributed by atoms with Crippen LogP contribution in [0.4, 0.5) is 5.82 Å². The molecular weight excluding hydrogens is 394 g/mol. The quantitative estimate of drug-likeness (QED) is 0.451. The number of nitrogens with zero attached hydrogens (tertiary/aromatic N) is 1. The van der Waals surface area contributed by atoms with E-state index in [-0.39, 0.29) is 23.8 Å². The first kappa shape index (κ1) is 21.2. The minimum atomic E-state index is -0.890. The summed E-state index contributed by atoms with van der Waals surface area (Å²) < 4.78 is 16.6. The van der Waals surface area contributed by atoms with Crippen LogP contribution < -0.4 is 26.5 Å². The van der Waals surface area contributed by atoms with Gasteiger partial charge in [-0.3, -0.25) is 23.9 Å². The largest absolute Gasteiger partial charge is 0.497 e. The lowest BCUT2D eigenvalue weighted by Crippen LogP contribution is -2.36. The van der Waals surface area contributed by atoms with Gasteiger partial charge in [-0.25, -0.2) is 4.79 Å². The monoisotopic (exact) mass is 417 g/mol. The summed E-state index contributed by atoms with van der Waals surface area (Å²) in [4.78, 5) is 50.5. The fourth-order valence-electron chi connectivity index (χ4n) is 3.08. The fourth-order valence-corrected chi connectivity index (χ4v) is 3.08. The van der Waals surface area contributed by atoms with Crippen molar-refractivity contribution in [2.45, 2.75) is 31.7 Å². The number of ether oxygens (including phenoxy) is 3. The van der Waals surface area contributed by atoms with Crippen LogP contribution in [0, 0.1) is 0 Å². The summed E-state index contributed by atoms with van der Waals surface area (Å²) in [6, 6.07) is 5.12. The summed E-state index contributed by atoms with van der Waals surface area (Å²) >= 11 is 0. The molecule has 2 aromatic rings. The number of Topliss-reactive ketones (excluding diaryl/α,β-unsaturated/α-hetero) is 1. The number of benzene rings is 1. The average molecular weight is 417 g/mol. The Morgan fingerprint density at radius 2 is 1.77 bits per heavy atom. The standard InChI is InChI=1S/C20H23N3O7/c1-28-13-7-11(8-14(9-13)29-2)3-6-16(25)30-10-15(24)17-18(21)23(12-4-5-12)20(27)22-19(17)26/h7-9,12H,3-6,10,21H2,1-2H3,(H,22,26,27). The van der Waals surface area contributed by atoms with Crippen molar-refractivity contribution in [1.29, 1.82) is 0 Å². The van der Waals surface area contributed by atoms with Crippen molar-refractivity contribution in [3.8, 4) is 11.5 Å². The molecule has 0 unspecified atom stereocenters. The number of carbonyl (C=O) groups is 2. The van der Waals surface area contributed by atoms with E-state index in [9.17, 15) is 19.2 Å². The Hall–Kier alpha value is -3.56. The Morgan fingerprint density at radius 1 is 1.13 bits per heavy atom. The van der Waals surface area contributed by atoms with Gasteiger partial charge in [0.1, 0.15) is 22.9 Å². The lowest BCUT2D eigenvalue weighted by atomic mass is 10.1. The van der Waals surface area contributed by atoms with Gasteiger partial charge in [-0.15, -0.1) is 0 Å². The maximum atomic E-state index is 12.4. The number of nitrogen functional groups attached to an aromatic ring is 1. The zero-order chi connectivity index (χ0) is 21.8. The van der Waals surface area contributed by atoms with Gasteiger partial charge in [-0.1, -0.05) is 0 Å². The highest BCUT2D eigenvalue weighted by Gasteiger charge is 2.30. The van der Waals surface area contributed by atoms with Gasteiger partial charge in [-0.2, -0.15) is 0 Å². The van der Waals surface area contributed by atoms with Crippen LogP contribution in [0.25, 0.3) is 0 Å². The van der Waals surface area contributed by atoms with Crippen LogP contribution in [0.3, 0.4) is 0 Å². The first-order valence-electron chi connectivity index (χ1n) is 9.39. The molecule has 0 bridgehead atoms. The number of aromatic amines is 1. The Bertz CT molecular complexity index is 1060. The molecule has 1 aliphatic rings. The number of rotatable bonds is 9. The predicted octanol–water partition coefficient (Wildman–Crippen LogP) is 0.830. The van der Waals surface area contributed by atoms with Gasteiger partial charge in [-0.05, 0) is 37.0 Å². The number of nitrogens with one attached hydrogen (secondary N) is 1. The van der Waals surface area contributed by atoms with Crippen LogP contribution in [0.2, 0.25) is 0 Å². The van der Waals surface area contributed by atoms with Crippen molar-refractivity contribution in [1.82, 2.24) is 9.55 Å². The maximum absolute atomic E-state index is 12.4. The molecule has 0 amide bonds. The number of methoxy groups -OCH3 is 2. The summed E-state index contributed by atoms with van der Waals surface area (Å²) in [5.74, 6) is -0.396. The van der Waals surface area contributed by atoms with Gasteiger partial charge in [0.15, 0.2) is 6.61 Å². The fraction of sp³-hybridized carbons (Fsp3) is 0.400. The molecule has 0 saturated heterocycles. The Morgan fingerprint density at radius 3 is 2.33 bits per heavy atom. The Kier molecular flexibility index (Phi) is 6.24. The van der Waals surface area contributed by atoms with Crippen LogP contribution in [0.1, 0.15) is 41.2 Å². The van der Waals surface area contributed by atoms with Crippen molar-refractivity contribution in [2.24, 2.45) is 0 Å². The van der Waals surface area contributed by atoms with Gasteiger partial charge in [0, 0.05) is 18.5 Å². The maximum Gasteiger partial charge on any atom is 0.330 e. The van der Waals surface area contributed by atoms with Crippen molar-refractivity contribution < 1.29 is 23.8 Å². The molecule has 3 N–H and O–H groups in total. The molecule has 0 atom stereocenters. The molecule has 1 saturated carbocycles. The van der Waals surface area contributed by atoms with E-state index in [2.05, 4.69) is 4.98 Å². The molecule has 160 valence electrons. The van der Waals surface area contributed by atoms with E-state index in [1.807, 2.05) is 0 Å². The number of hydrogen-bond donors (Lipinski definition) is 2. The molecule has 0 radical (unpaired) electrons. The van der Waals surface area contributed by atoms with E-state index in [1.165, 1.54) is 18.8 Å². The second-order valence-corrected chi connectivity index (χ2v) is 6.93. The number of anilines is 1. The number of carbonyl (C=O) groups excluding carboxylic acids is 2. The average Bonchev–Trinajstić information content (AvgIpc) is 3.54. The van der Waals surface area contributed by atoms with Crippen molar-refractivity contribution in [3.63, 3.8) is 0 Å². The van der Waals surface area contributed by atoms with Crippen LogP contribution in [-0.2, 0) is 16.0 Å². The SMILES string of the molecule is COc1cc(CCC(=O)OCC(=O)c2c(N)n(C3CC3)c(=O)[nH]c2=O)cc(OC)c1. The lowest BCUT2D eigenvalue weighted by molar-refractivity contribution is -0.142. The van der Waals surface area contributed by atoms with E-state index in [0.29, 0.717) is 17.9 Å². The van der Waals surface area contributed by atoms with Crippen LogP contribution >= 0.6 is 0 Å². The molecule has 3 rings (SSSR count). The first-order chi connectivity index (χ1) is 14.3. The van der Waals surface area contributed by atoms with Crippen molar-refractivity contribution in [3.05, 3.63) is 50.2 Å². The Labute approximate surface area is 171 Å². The van der Waals surface area contributed by atoms with E-state index in [1.54, 1.807) is 18.2 Å². The number of esters is 1. The minimum Gasteiger partial charge on any atom is -0.497 e. The van der Waals surface area contributed by atoms with Gasteiger partial charge < -0.3 is 19.9 Å². The minimum absolute atomic E-state index is 0.0109. The van der Waals surface area contributed by atoms with E-state index in [4.69, 9.17) is 19.9 Å². The second kappa shape index (κ2) is 8.85. The first-order valence-corrected chi connectivity index (χ1v) is 9.39. The van der Waals surface area contributed by atoms with Crippen LogP contribution in [-0.4, -0.2) is 42.1 Å². The van der Waals surface area contributed by atoms with Gasteiger partial charge in [0.25, 0.3) is 5.56 Å². The van der Waals surface area contributed by atoms with E-state index >= 15 is 0 Å². The molecule has 30 heavy (non-hydrogen) atoms. The zero-order valence-corrected chi connectivity index (χ0v) is 16.7. The number of ketones is 1. The van der Waals surface area contributed by atoms with Crippen molar-refractivity contribution >= 4 is 17.6 Å². The normalized spacial score (nSPS) is 13.0. The summed E-state index contributed by atoms with van der Waals surface area (Å²) in [5, 5.41) is 0. The zero-order valence-electron chi connectivity index (χ0n) is 16.7. The summed E-state index contributed by atoms with van der Waals surface area (Å²) in [5.41, 5.74) is 4.77. The van der Waals surface area contributed by atoms with Gasteiger partial charge in [0.2, 0.25) is 5.78 Å². The highest BCUT2D eigenvalue weighted by molar-refractivity contribution is 6.01. The van der Waals surface area contributed by atoms with E-state index < -0.39 is 29.6 Å². The number of aryl methyl sites for hydroxylation is 1. The van der Waals surface area contributed by atoms with Crippen LogP contribution in [0.5, 0.6) is 11.5 Å². The smallest absolute Gasteiger partial charge is 0.330 e. The third kappa shape index (κ3) is 4.70. The van der Waals surface area contributed by atoms with Gasteiger partial charge >= 0.3 is 11.7 Å². The topological polar surface area (TPSA) is 143 Å². The number of H-pyrrole nitrogens is 1. The third-order valence-corrected chi connectivity index (χ3v) is 4.77. The summed E-state index contributed by atoms with van der Waals surface area (Å²) in [7, 11) is 3.05. The molecule has 1 heterocycles. The highest BCUT2D eigenvalue weighted by atomic mass is 16.5. The van der Waals surface area contributed by atoms with E-state index in [0.717, 1.165) is 18.4 Å². The molecule has 1 aliphatic carbocycles. The molecule has 10 heteroatoms. The molecule has 0 aliphatic heterocycles. The molecule has 0 spiro atoms. The second-order valence-electron chi connectivity index (χ2n) is 6.93. The molecule has 1 aromatic heterocycles. The lowest BCUT2D eigenvalue weighted by Gasteiger charge is -2.11. The predicted molar refractivity (Wildman–Crippen MR) is 107 cm³/mol. The number of aromatic nitrogens is 2. The van der Waals surface area contributed by atoms with Crippen molar-refractivity contribution in [2.75, 3.05) is 26.6 Å². The summed E-state index contributed by atoms with van der Waals surface area (Å²) in [6.45, 7) is -0.642. The molecule has 1 fully saturated rings. The Balaban J connectivity index is 1.62. The van der Waals surface area contributed by atoms with Gasteiger partial charge in [0.05, 0.1) is 14.2 Å². The highest BCUT2D eigenvalue weighted by Crippen LogP contribution is 2.35. The molecule has 1 aromatic carbocycles. The molecule has 10 nitrogen and oxygen atoms in total. The van der Waals surface area contributed by atoms with Crippen LogP contribution in [0.15, 0.2) is 27.8 Å².